The van der Waals surface area contributed by atoms with E-state index in [0.717, 1.165) is 6.08 Å². The van der Waals surface area contributed by atoms with Crippen LogP contribution in [0.2, 0.25) is 0 Å². The van der Waals surface area contributed by atoms with Crippen molar-refractivity contribution in [3.8, 4) is 0 Å². The van der Waals surface area contributed by atoms with E-state index in [4.69, 9.17) is 0 Å². The molecule has 0 amide bonds. The van der Waals surface area contributed by atoms with Crippen molar-refractivity contribution in [2.24, 2.45) is 11.8 Å². The van der Waals surface area contributed by atoms with Crippen molar-refractivity contribution in [2.75, 3.05) is 0 Å². The Bertz CT molecular complexity index is 232. The van der Waals surface area contributed by atoms with Crippen molar-refractivity contribution in [1.29, 1.82) is 0 Å². The highest BCUT2D eigenvalue weighted by Crippen LogP contribution is 2.38. The third-order valence-corrected chi connectivity index (χ3v) is 2.89. The van der Waals surface area contributed by atoms with Gasteiger partial charge in [-0.1, -0.05) is 26.0 Å². The van der Waals surface area contributed by atoms with Crippen LogP contribution in [-0.4, -0.2) is 16.9 Å². The van der Waals surface area contributed by atoms with Gasteiger partial charge < -0.3 is 5.11 Å². The molecule has 0 spiro atoms. The molecule has 1 rings (SSSR count). The summed E-state index contributed by atoms with van der Waals surface area (Å²) in [5, 5.41) is 9.88. The van der Waals surface area contributed by atoms with Crippen molar-refractivity contribution in [3.05, 3.63) is 12.2 Å². The Labute approximate surface area is 81.6 Å². The molecule has 1 nitrogen and oxygen atoms in total. The molecular formula is C10H15F3O. The SMILES string of the molecule is CC(C)C1(O)C=CC(C(F)(F)F)CC1. The average Bonchev–Trinajstić information content (AvgIpc) is 2.03. The lowest BCUT2D eigenvalue weighted by Gasteiger charge is -2.34. The van der Waals surface area contributed by atoms with Gasteiger partial charge in [-0.2, -0.15) is 13.2 Å². The van der Waals surface area contributed by atoms with Gasteiger partial charge in [-0.15, -0.1) is 0 Å². The predicted octanol–water partition coefficient (Wildman–Crippen LogP) is 2.90. The Kier molecular flexibility index (Phi) is 2.95. The maximum atomic E-state index is 12.3. The summed E-state index contributed by atoms with van der Waals surface area (Å²) in [4.78, 5) is 0. The highest BCUT2D eigenvalue weighted by atomic mass is 19.4. The Morgan fingerprint density at radius 3 is 2.29 bits per heavy atom. The van der Waals surface area contributed by atoms with E-state index < -0.39 is 17.7 Å². The molecule has 2 atom stereocenters. The molecule has 2 unspecified atom stereocenters. The van der Waals surface area contributed by atoms with Gasteiger partial charge in [0, 0.05) is 0 Å². The summed E-state index contributed by atoms with van der Waals surface area (Å²) in [7, 11) is 0. The fourth-order valence-electron chi connectivity index (χ4n) is 1.60. The molecule has 0 aromatic carbocycles. The Balaban J connectivity index is 2.74. The molecule has 0 fully saturated rings. The van der Waals surface area contributed by atoms with Crippen LogP contribution in [0, 0.1) is 11.8 Å². The first kappa shape index (κ1) is 11.6. The second-order valence-electron chi connectivity index (χ2n) is 4.19. The van der Waals surface area contributed by atoms with Crippen LogP contribution in [0.25, 0.3) is 0 Å². The fourth-order valence-corrected chi connectivity index (χ4v) is 1.60. The standard InChI is InChI=1S/C10H15F3O/c1-7(2)9(14)5-3-8(4-6-9)10(11,12)13/h3,5,7-8,14H,4,6H2,1-2H3. The van der Waals surface area contributed by atoms with Gasteiger partial charge in [-0.25, -0.2) is 0 Å². The third-order valence-electron chi connectivity index (χ3n) is 2.89. The minimum Gasteiger partial charge on any atom is -0.386 e. The number of allylic oxidation sites excluding steroid dienone is 1. The summed E-state index contributed by atoms with van der Waals surface area (Å²) in [6.45, 7) is 3.61. The molecule has 1 aliphatic rings. The van der Waals surface area contributed by atoms with Gasteiger partial charge >= 0.3 is 6.18 Å². The number of rotatable bonds is 1. The first-order valence-electron chi connectivity index (χ1n) is 4.74. The van der Waals surface area contributed by atoms with E-state index in [1.54, 1.807) is 13.8 Å². The zero-order chi connectivity index (χ0) is 11.0. The Morgan fingerprint density at radius 1 is 1.43 bits per heavy atom. The molecule has 1 N–H and O–H groups in total. The molecule has 82 valence electrons. The van der Waals surface area contributed by atoms with Crippen LogP contribution < -0.4 is 0 Å². The van der Waals surface area contributed by atoms with Gasteiger partial charge in [-0.05, 0) is 18.8 Å². The molecule has 0 radical (unpaired) electrons. The fraction of sp³-hybridized carbons (Fsp3) is 0.800. The first-order chi connectivity index (χ1) is 6.26. The van der Waals surface area contributed by atoms with Crippen LogP contribution in [0.15, 0.2) is 12.2 Å². The monoisotopic (exact) mass is 208 g/mol. The molecule has 4 heteroatoms. The van der Waals surface area contributed by atoms with E-state index in [-0.39, 0.29) is 18.8 Å². The van der Waals surface area contributed by atoms with Gasteiger partial charge in [0.25, 0.3) is 0 Å². The number of alkyl halides is 3. The molecule has 0 saturated carbocycles. The lowest BCUT2D eigenvalue weighted by Crippen LogP contribution is -2.38. The topological polar surface area (TPSA) is 20.2 Å². The number of hydrogen-bond acceptors (Lipinski definition) is 1. The van der Waals surface area contributed by atoms with E-state index in [0.29, 0.717) is 0 Å². The predicted molar refractivity (Wildman–Crippen MR) is 47.7 cm³/mol. The molecule has 0 aromatic rings. The van der Waals surface area contributed by atoms with E-state index in [2.05, 4.69) is 0 Å². The lowest BCUT2D eigenvalue weighted by atomic mass is 9.78. The zero-order valence-electron chi connectivity index (χ0n) is 8.30. The summed E-state index contributed by atoms with van der Waals surface area (Å²) < 4.78 is 36.8. The minimum absolute atomic E-state index is 0.0192. The molecule has 1 aliphatic carbocycles. The normalized spacial score (nSPS) is 33.8. The highest BCUT2D eigenvalue weighted by Gasteiger charge is 2.42. The van der Waals surface area contributed by atoms with Crippen molar-refractivity contribution < 1.29 is 18.3 Å². The number of halogens is 3. The quantitative estimate of drug-likeness (QED) is 0.657. The van der Waals surface area contributed by atoms with Gasteiger partial charge in [0.15, 0.2) is 0 Å². The lowest BCUT2D eigenvalue weighted by molar-refractivity contribution is -0.168. The molecule has 0 saturated heterocycles. The highest BCUT2D eigenvalue weighted by molar-refractivity contribution is 5.10. The second-order valence-corrected chi connectivity index (χ2v) is 4.19. The smallest absolute Gasteiger partial charge is 0.386 e. The van der Waals surface area contributed by atoms with Crippen LogP contribution in [0.1, 0.15) is 26.7 Å². The van der Waals surface area contributed by atoms with Gasteiger partial charge in [0.1, 0.15) is 0 Å². The van der Waals surface area contributed by atoms with Crippen molar-refractivity contribution in [3.63, 3.8) is 0 Å². The van der Waals surface area contributed by atoms with E-state index in [9.17, 15) is 18.3 Å². The number of hydrogen-bond donors (Lipinski definition) is 1. The van der Waals surface area contributed by atoms with Crippen LogP contribution in [0.4, 0.5) is 13.2 Å². The van der Waals surface area contributed by atoms with E-state index in [1.807, 2.05) is 0 Å². The summed E-state index contributed by atoms with van der Waals surface area (Å²) >= 11 is 0. The molecule has 14 heavy (non-hydrogen) atoms. The minimum atomic E-state index is -4.17. The van der Waals surface area contributed by atoms with Gasteiger partial charge in [0.2, 0.25) is 0 Å². The maximum absolute atomic E-state index is 12.3. The summed E-state index contributed by atoms with van der Waals surface area (Å²) in [5.41, 5.74) is -1.05. The second kappa shape index (κ2) is 3.57. The van der Waals surface area contributed by atoms with Gasteiger partial charge in [-0.3, -0.25) is 0 Å². The van der Waals surface area contributed by atoms with Crippen molar-refractivity contribution in [1.82, 2.24) is 0 Å². The summed E-state index contributed by atoms with van der Waals surface area (Å²) in [6, 6.07) is 0. The molecule has 0 aliphatic heterocycles. The average molecular weight is 208 g/mol. The maximum Gasteiger partial charge on any atom is 0.395 e. The molecule has 0 heterocycles. The number of aliphatic hydroxyl groups is 1. The first-order valence-corrected chi connectivity index (χ1v) is 4.74. The largest absolute Gasteiger partial charge is 0.395 e. The van der Waals surface area contributed by atoms with E-state index >= 15 is 0 Å². The van der Waals surface area contributed by atoms with E-state index in [1.165, 1.54) is 6.08 Å². The zero-order valence-corrected chi connectivity index (χ0v) is 8.30. The Hall–Kier alpha value is -0.510. The summed E-state index contributed by atoms with van der Waals surface area (Å²) in [5.74, 6) is -1.44. The molecule has 0 aromatic heterocycles. The van der Waals surface area contributed by atoms with Crippen LogP contribution in [-0.2, 0) is 0 Å². The van der Waals surface area contributed by atoms with Crippen LogP contribution in [0.5, 0.6) is 0 Å². The Morgan fingerprint density at radius 2 is 2.00 bits per heavy atom. The molecular weight excluding hydrogens is 193 g/mol. The van der Waals surface area contributed by atoms with Gasteiger partial charge in [0.05, 0.1) is 11.5 Å². The third kappa shape index (κ3) is 2.29. The van der Waals surface area contributed by atoms with Crippen molar-refractivity contribution in [2.45, 2.75) is 38.5 Å². The molecule has 0 bridgehead atoms. The van der Waals surface area contributed by atoms with Crippen LogP contribution in [0.3, 0.4) is 0 Å². The van der Waals surface area contributed by atoms with Crippen molar-refractivity contribution >= 4 is 0 Å². The van der Waals surface area contributed by atoms with Crippen LogP contribution >= 0.6 is 0 Å². The summed E-state index contributed by atoms with van der Waals surface area (Å²) in [6.07, 6.45) is -1.61.